The van der Waals surface area contributed by atoms with Crippen LogP contribution in [0.5, 0.6) is 0 Å². The van der Waals surface area contributed by atoms with Crippen molar-refractivity contribution in [1.82, 2.24) is 24.5 Å². The van der Waals surface area contributed by atoms with Crippen LogP contribution in [0.15, 0.2) is 419 Å². The van der Waals surface area contributed by atoms with Crippen LogP contribution in [0.1, 0.15) is 51.1 Å². The van der Waals surface area contributed by atoms with Gasteiger partial charge < -0.3 is 20.9 Å². The second-order valence-electron chi connectivity index (χ2n) is 26.7. The largest absolute Gasteiger partial charge is 0.364 e. The van der Waals surface area contributed by atoms with Crippen LogP contribution in [-0.2, 0) is 27.0 Å². The summed E-state index contributed by atoms with van der Waals surface area (Å²) in [6.07, 6.45) is 7.80. The van der Waals surface area contributed by atoms with E-state index in [9.17, 15) is 0 Å². The molecule has 0 spiro atoms. The average molecular weight is 1610 g/mol. The topological polar surface area (TPSA) is 107 Å². The minimum atomic E-state index is -0.446. The Hall–Kier alpha value is -10.5. The van der Waals surface area contributed by atoms with Gasteiger partial charge in [0.25, 0.3) is 0 Å². The number of benzene rings is 13. The summed E-state index contributed by atoms with van der Waals surface area (Å²) in [6.45, 7) is 4.91. The van der Waals surface area contributed by atoms with Gasteiger partial charge in [-0.1, -0.05) is 394 Å². The number of imidazole rings is 1. The molecule has 554 valence electrons. The van der Waals surface area contributed by atoms with Crippen molar-refractivity contribution in [2.75, 3.05) is 10.6 Å². The molecule has 0 atom stereocenters. The van der Waals surface area contributed by atoms with Gasteiger partial charge in [0.05, 0.1) is 12.0 Å². The Morgan fingerprint density at radius 3 is 0.883 bits per heavy atom. The molecule has 0 radical (unpaired) electrons. The van der Waals surface area contributed by atoms with Gasteiger partial charge in [0, 0.05) is 56.9 Å². The fourth-order valence-electron chi connectivity index (χ4n) is 13.2. The Balaban J connectivity index is 0.000000132. The molecule has 1 fully saturated rings. The van der Waals surface area contributed by atoms with Crippen molar-refractivity contribution in [3.05, 3.63) is 425 Å². The SMILES string of the molecule is CC(C)n1cnc2c(NCc3ccc(-c4ccccn4)cc3)nc(NC3CCC(N)CC3)nc21.[Pd].c1ccc(P(c2ccccc2)c2ccccc2)cc1.c1ccc(P(c2ccccc2)c2ccccc2)cc1.c1ccc(P(c2ccccc2)c2ccccc2)cc1.c1ccc(P(c2ccccc2)c2ccccc2)cc1. The first-order valence-corrected chi connectivity index (χ1v) is 43.1. The Labute approximate surface area is 674 Å². The van der Waals surface area contributed by atoms with E-state index in [-0.39, 0.29) is 26.5 Å². The molecule has 16 aromatic rings. The maximum atomic E-state index is 6.08. The molecule has 13 heteroatoms. The van der Waals surface area contributed by atoms with Crippen molar-refractivity contribution in [3.8, 4) is 11.3 Å². The van der Waals surface area contributed by atoms with Crippen molar-refractivity contribution in [1.29, 1.82) is 0 Å². The van der Waals surface area contributed by atoms with Crippen LogP contribution < -0.4 is 80.0 Å². The molecule has 3 aromatic heterocycles. The summed E-state index contributed by atoms with van der Waals surface area (Å²) >= 11 is 0. The number of nitrogens with zero attached hydrogens (tertiary/aromatic N) is 5. The Morgan fingerprint density at radius 2 is 0.622 bits per heavy atom. The molecule has 17 rings (SSSR count). The second-order valence-corrected chi connectivity index (χ2v) is 35.6. The maximum absolute atomic E-state index is 6.08. The zero-order valence-electron chi connectivity index (χ0n) is 62.5. The number of fused-ring (bicyclic) bond motifs is 1. The van der Waals surface area contributed by atoms with Crippen molar-refractivity contribution >= 4 is 118 Å². The van der Waals surface area contributed by atoms with Crippen molar-refractivity contribution in [2.45, 2.75) is 64.2 Å². The van der Waals surface area contributed by atoms with E-state index < -0.39 is 31.7 Å². The normalized spacial score (nSPS) is 12.9. The number of aromatic nitrogens is 5. The molecule has 111 heavy (non-hydrogen) atoms. The molecule has 0 saturated heterocycles. The van der Waals surface area contributed by atoms with E-state index >= 15 is 0 Å². The molecular formula is C98H92N8P4Pd. The fraction of sp³-hybridized carbons (Fsp3) is 0.102. The summed E-state index contributed by atoms with van der Waals surface area (Å²) < 4.78 is 2.09. The van der Waals surface area contributed by atoms with E-state index in [2.05, 4.69) is 427 Å². The molecule has 1 saturated carbocycles. The monoisotopic (exact) mass is 1610 g/mol. The summed E-state index contributed by atoms with van der Waals surface area (Å²) in [4.78, 5) is 18.7. The standard InChI is InChI=1S/C26H32N8.4C18H15P.Pd/c1-17(2)34-16-30-23-24(32-26(33-25(23)34)31-21-12-10-20(27)11-13-21)29-15-18-6-8-19(9-7-18)22-5-3-4-14-28-22;4*1-4-10-16(11-5-1)19(17-12-6-2-7-13-17)18-14-8-3-9-15-18;/h3-9,14,16-17,20-21H,10-13,15,27H2,1-2H3,(H2,29,31,32,33);4*1-15H;. The number of pyridine rings is 1. The molecule has 1 aliphatic rings. The van der Waals surface area contributed by atoms with E-state index in [0.717, 1.165) is 59.5 Å². The molecule has 0 aliphatic heterocycles. The van der Waals surface area contributed by atoms with Crippen LogP contribution in [0.3, 0.4) is 0 Å². The molecule has 0 unspecified atom stereocenters. The summed E-state index contributed by atoms with van der Waals surface area (Å²) in [5, 5.41) is 23.8. The van der Waals surface area contributed by atoms with E-state index in [1.165, 1.54) is 63.7 Å². The van der Waals surface area contributed by atoms with Gasteiger partial charge in [-0.05, 0) is 153 Å². The second kappa shape index (κ2) is 42.6. The summed E-state index contributed by atoms with van der Waals surface area (Å²) in [7, 11) is -1.78. The molecule has 1 aliphatic carbocycles. The van der Waals surface area contributed by atoms with Gasteiger partial charge in [-0.25, -0.2) is 4.98 Å². The van der Waals surface area contributed by atoms with Gasteiger partial charge in [0.1, 0.15) is 0 Å². The molecule has 13 aromatic carbocycles. The molecule has 0 amide bonds. The number of hydrogen-bond donors (Lipinski definition) is 3. The summed E-state index contributed by atoms with van der Waals surface area (Å²) in [5.41, 5.74) is 10.9. The van der Waals surface area contributed by atoms with E-state index in [4.69, 9.17) is 15.7 Å². The summed E-state index contributed by atoms with van der Waals surface area (Å²) in [5.74, 6) is 1.39. The third-order valence-corrected chi connectivity index (χ3v) is 28.4. The van der Waals surface area contributed by atoms with Gasteiger partial charge in [-0.2, -0.15) is 9.97 Å². The molecule has 3 heterocycles. The zero-order chi connectivity index (χ0) is 75.2. The maximum Gasteiger partial charge on any atom is 0.227 e. The Bertz CT molecular complexity index is 4400. The molecular weight excluding hydrogens is 1520 g/mol. The van der Waals surface area contributed by atoms with Gasteiger partial charge in [-0.3, -0.25) is 4.98 Å². The summed E-state index contributed by atoms with van der Waals surface area (Å²) in [6, 6.07) is 145. The zero-order valence-corrected chi connectivity index (χ0v) is 67.7. The fourth-order valence-corrected chi connectivity index (χ4v) is 22.4. The van der Waals surface area contributed by atoms with Crippen LogP contribution in [0, 0.1) is 0 Å². The number of rotatable bonds is 19. The van der Waals surface area contributed by atoms with E-state index in [1.807, 2.05) is 30.7 Å². The number of anilines is 2. The van der Waals surface area contributed by atoms with Gasteiger partial charge in [0.2, 0.25) is 5.95 Å². The number of hydrogen-bond acceptors (Lipinski definition) is 7. The Kier molecular flexibility index (Phi) is 30.7. The molecule has 0 bridgehead atoms. The predicted molar refractivity (Wildman–Crippen MR) is 477 cm³/mol. The van der Waals surface area contributed by atoms with Gasteiger partial charge >= 0.3 is 0 Å². The third kappa shape index (κ3) is 22.8. The first kappa shape index (κ1) is 80.0. The smallest absolute Gasteiger partial charge is 0.227 e. The first-order valence-electron chi connectivity index (χ1n) is 37.7. The van der Waals surface area contributed by atoms with Crippen molar-refractivity contribution in [2.24, 2.45) is 5.73 Å². The van der Waals surface area contributed by atoms with E-state index in [0.29, 0.717) is 24.6 Å². The van der Waals surface area contributed by atoms with Crippen molar-refractivity contribution in [3.63, 3.8) is 0 Å². The minimum absolute atomic E-state index is 0. The molecule has 8 nitrogen and oxygen atoms in total. The van der Waals surface area contributed by atoms with Crippen LogP contribution in [-0.4, -0.2) is 36.6 Å². The van der Waals surface area contributed by atoms with Crippen LogP contribution in [0.2, 0.25) is 0 Å². The third-order valence-electron chi connectivity index (χ3n) is 18.6. The van der Waals surface area contributed by atoms with Crippen LogP contribution in [0.4, 0.5) is 11.8 Å². The average Bonchev–Trinajstić information content (AvgIpc) is 1.66. The van der Waals surface area contributed by atoms with E-state index in [1.54, 1.807) is 0 Å². The first-order chi connectivity index (χ1) is 54.4. The predicted octanol–water partition coefficient (Wildman–Crippen LogP) is 18.5. The van der Waals surface area contributed by atoms with Gasteiger partial charge in [0.15, 0.2) is 17.0 Å². The Morgan fingerprint density at radius 1 is 0.342 bits per heavy atom. The van der Waals surface area contributed by atoms with Crippen LogP contribution in [0.25, 0.3) is 22.4 Å². The molecule has 4 N–H and O–H groups in total. The quantitative estimate of drug-likeness (QED) is 0.0547. The van der Waals surface area contributed by atoms with Crippen LogP contribution >= 0.6 is 31.7 Å². The van der Waals surface area contributed by atoms with Gasteiger partial charge in [-0.15, -0.1) is 0 Å². The number of nitrogens with one attached hydrogen (secondary N) is 2. The van der Waals surface area contributed by atoms with Crippen molar-refractivity contribution < 1.29 is 20.4 Å². The number of nitrogens with two attached hydrogens (primary N) is 1. The minimum Gasteiger partial charge on any atom is -0.364 e.